The Kier molecular flexibility index (Phi) is 4.01. The monoisotopic (exact) mass is 310 g/mol. The molecule has 0 aliphatic heterocycles. The summed E-state index contributed by atoms with van der Waals surface area (Å²) in [5.74, 6) is 2.20. The van der Waals surface area contributed by atoms with Crippen molar-refractivity contribution >= 4 is 15.9 Å². The van der Waals surface area contributed by atoms with Crippen LogP contribution in [-0.2, 0) is 0 Å². The Morgan fingerprint density at radius 3 is 2.56 bits per heavy atom. The lowest BCUT2D eigenvalue weighted by Gasteiger charge is -2.11. The standard InChI is InChI=1S/C13H15BrN2O2/c1-8(2)12-15-13(18-16-12)9(3)17-11-7-5-4-6-10(11)14/h4-9H,1-3H3. The van der Waals surface area contributed by atoms with Gasteiger partial charge in [0.05, 0.1) is 4.47 Å². The smallest absolute Gasteiger partial charge is 0.267 e. The van der Waals surface area contributed by atoms with Gasteiger partial charge >= 0.3 is 0 Å². The third kappa shape index (κ3) is 2.90. The molecule has 0 bridgehead atoms. The maximum absolute atomic E-state index is 5.78. The van der Waals surface area contributed by atoms with Crippen molar-refractivity contribution in [3.63, 3.8) is 0 Å². The number of ether oxygens (including phenoxy) is 1. The highest BCUT2D eigenvalue weighted by atomic mass is 79.9. The predicted molar refractivity (Wildman–Crippen MR) is 71.6 cm³/mol. The number of para-hydroxylation sites is 1. The molecule has 0 saturated heterocycles. The molecule has 0 aliphatic carbocycles. The maximum atomic E-state index is 5.78. The van der Waals surface area contributed by atoms with Crippen molar-refractivity contribution in [1.29, 1.82) is 0 Å². The van der Waals surface area contributed by atoms with E-state index in [-0.39, 0.29) is 12.0 Å². The zero-order valence-corrected chi connectivity index (χ0v) is 12.1. The van der Waals surface area contributed by atoms with Gasteiger partial charge < -0.3 is 9.26 Å². The van der Waals surface area contributed by atoms with Gasteiger partial charge in [0.1, 0.15) is 5.75 Å². The average Bonchev–Trinajstić information content (AvgIpc) is 2.81. The Labute approximate surface area is 114 Å². The quantitative estimate of drug-likeness (QED) is 0.853. The first-order valence-electron chi connectivity index (χ1n) is 5.82. The molecule has 5 heteroatoms. The molecule has 1 unspecified atom stereocenters. The topological polar surface area (TPSA) is 48.2 Å². The van der Waals surface area contributed by atoms with Gasteiger partial charge in [-0.15, -0.1) is 0 Å². The summed E-state index contributed by atoms with van der Waals surface area (Å²) in [5.41, 5.74) is 0. The molecule has 2 rings (SSSR count). The SMILES string of the molecule is CC(C)c1noc(C(C)Oc2ccccc2Br)n1. The van der Waals surface area contributed by atoms with Crippen LogP contribution < -0.4 is 4.74 Å². The highest BCUT2D eigenvalue weighted by molar-refractivity contribution is 9.10. The molecule has 0 aliphatic rings. The second kappa shape index (κ2) is 5.52. The Morgan fingerprint density at radius 2 is 1.94 bits per heavy atom. The summed E-state index contributed by atoms with van der Waals surface area (Å²) in [6, 6.07) is 7.67. The van der Waals surface area contributed by atoms with Crippen LogP contribution in [-0.4, -0.2) is 10.1 Å². The van der Waals surface area contributed by atoms with Crippen molar-refractivity contribution in [1.82, 2.24) is 10.1 Å². The molecule has 0 spiro atoms. The van der Waals surface area contributed by atoms with E-state index in [2.05, 4.69) is 26.1 Å². The van der Waals surface area contributed by atoms with Crippen molar-refractivity contribution in [3.05, 3.63) is 40.5 Å². The third-order valence-corrected chi connectivity index (χ3v) is 3.12. The van der Waals surface area contributed by atoms with Crippen LogP contribution in [0, 0.1) is 0 Å². The first kappa shape index (κ1) is 13.1. The molecule has 0 fully saturated rings. The Morgan fingerprint density at radius 1 is 1.22 bits per heavy atom. The van der Waals surface area contributed by atoms with Gasteiger partial charge in [0, 0.05) is 5.92 Å². The molecule has 0 amide bonds. The molecule has 1 aromatic carbocycles. The van der Waals surface area contributed by atoms with E-state index in [1.54, 1.807) is 0 Å². The Hall–Kier alpha value is -1.36. The minimum absolute atomic E-state index is 0.248. The number of aromatic nitrogens is 2. The van der Waals surface area contributed by atoms with Crippen molar-refractivity contribution in [2.45, 2.75) is 32.8 Å². The van der Waals surface area contributed by atoms with Gasteiger partial charge in [-0.05, 0) is 35.0 Å². The average molecular weight is 311 g/mol. The van der Waals surface area contributed by atoms with Crippen molar-refractivity contribution in [2.75, 3.05) is 0 Å². The zero-order chi connectivity index (χ0) is 13.1. The molecule has 1 aromatic heterocycles. The van der Waals surface area contributed by atoms with E-state index >= 15 is 0 Å². The number of nitrogens with zero attached hydrogens (tertiary/aromatic N) is 2. The minimum Gasteiger partial charge on any atom is -0.480 e. The molecule has 0 saturated carbocycles. The van der Waals surface area contributed by atoms with Crippen LogP contribution in [0.2, 0.25) is 0 Å². The Balaban J connectivity index is 2.12. The normalized spacial score (nSPS) is 12.7. The predicted octanol–water partition coefficient (Wildman–Crippen LogP) is 4.10. The van der Waals surface area contributed by atoms with Crippen LogP contribution in [0.3, 0.4) is 0 Å². The van der Waals surface area contributed by atoms with E-state index in [1.165, 1.54) is 0 Å². The maximum Gasteiger partial charge on any atom is 0.267 e. The molecule has 0 N–H and O–H groups in total. The van der Waals surface area contributed by atoms with Crippen molar-refractivity contribution in [3.8, 4) is 5.75 Å². The molecule has 2 aromatic rings. The molecule has 1 atom stereocenters. The molecule has 1 heterocycles. The lowest BCUT2D eigenvalue weighted by molar-refractivity contribution is 0.174. The highest BCUT2D eigenvalue weighted by Crippen LogP contribution is 2.28. The van der Waals surface area contributed by atoms with Crippen LogP contribution >= 0.6 is 15.9 Å². The molecular formula is C13H15BrN2O2. The fourth-order valence-corrected chi connectivity index (χ4v) is 1.81. The first-order chi connectivity index (χ1) is 8.58. The van der Waals surface area contributed by atoms with E-state index in [9.17, 15) is 0 Å². The van der Waals surface area contributed by atoms with Crippen molar-refractivity contribution < 1.29 is 9.26 Å². The molecular weight excluding hydrogens is 296 g/mol. The lowest BCUT2D eigenvalue weighted by Crippen LogP contribution is -2.04. The van der Waals surface area contributed by atoms with Gasteiger partial charge in [-0.25, -0.2) is 0 Å². The molecule has 18 heavy (non-hydrogen) atoms. The molecule has 96 valence electrons. The van der Waals surface area contributed by atoms with Gasteiger partial charge in [-0.1, -0.05) is 31.1 Å². The van der Waals surface area contributed by atoms with Gasteiger partial charge in [0.2, 0.25) is 0 Å². The number of hydrogen-bond acceptors (Lipinski definition) is 4. The highest BCUT2D eigenvalue weighted by Gasteiger charge is 2.18. The summed E-state index contributed by atoms with van der Waals surface area (Å²) in [4.78, 5) is 4.32. The summed E-state index contributed by atoms with van der Waals surface area (Å²) >= 11 is 3.43. The van der Waals surface area contributed by atoms with E-state index in [0.29, 0.717) is 11.7 Å². The van der Waals surface area contributed by atoms with Crippen LogP contribution in [0.25, 0.3) is 0 Å². The summed E-state index contributed by atoms with van der Waals surface area (Å²) in [5, 5.41) is 3.92. The van der Waals surface area contributed by atoms with Gasteiger partial charge in [-0.3, -0.25) is 0 Å². The fraction of sp³-hybridized carbons (Fsp3) is 0.385. The summed E-state index contributed by atoms with van der Waals surface area (Å²) in [7, 11) is 0. The number of halogens is 1. The van der Waals surface area contributed by atoms with E-state index in [1.807, 2.05) is 45.0 Å². The molecule has 0 radical (unpaired) electrons. The second-order valence-electron chi connectivity index (χ2n) is 4.34. The number of benzene rings is 1. The van der Waals surface area contributed by atoms with Crippen molar-refractivity contribution in [2.24, 2.45) is 0 Å². The van der Waals surface area contributed by atoms with Gasteiger partial charge in [0.25, 0.3) is 5.89 Å². The largest absolute Gasteiger partial charge is 0.480 e. The van der Waals surface area contributed by atoms with E-state index < -0.39 is 0 Å². The van der Waals surface area contributed by atoms with E-state index in [4.69, 9.17) is 9.26 Å². The van der Waals surface area contributed by atoms with E-state index in [0.717, 1.165) is 10.2 Å². The number of rotatable bonds is 4. The van der Waals surface area contributed by atoms with Crippen LogP contribution in [0.4, 0.5) is 0 Å². The zero-order valence-electron chi connectivity index (χ0n) is 10.6. The van der Waals surface area contributed by atoms with Crippen LogP contribution in [0.1, 0.15) is 44.5 Å². The fourth-order valence-electron chi connectivity index (χ4n) is 1.43. The summed E-state index contributed by atoms with van der Waals surface area (Å²) < 4.78 is 11.9. The second-order valence-corrected chi connectivity index (χ2v) is 5.19. The summed E-state index contributed by atoms with van der Waals surface area (Å²) in [6.07, 6.45) is -0.274. The minimum atomic E-state index is -0.274. The van der Waals surface area contributed by atoms with Gasteiger partial charge in [-0.2, -0.15) is 4.98 Å². The molecule has 4 nitrogen and oxygen atoms in total. The lowest BCUT2D eigenvalue weighted by atomic mass is 10.2. The van der Waals surface area contributed by atoms with Crippen LogP contribution in [0.5, 0.6) is 5.75 Å². The number of hydrogen-bond donors (Lipinski definition) is 0. The van der Waals surface area contributed by atoms with Crippen LogP contribution in [0.15, 0.2) is 33.3 Å². The van der Waals surface area contributed by atoms with Gasteiger partial charge in [0.15, 0.2) is 11.9 Å². The first-order valence-corrected chi connectivity index (χ1v) is 6.62. The summed E-state index contributed by atoms with van der Waals surface area (Å²) in [6.45, 7) is 5.93. The Bertz CT molecular complexity index is 525. The third-order valence-electron chi connectivity index (χ3n) is 2.46.